The molecule has 7 heteroatoms. The van der Waals surface area contributed by atoms with Gasteiger partial charge < -0.3 is 5.32 Å². The maximum atomic E-state index is 12.7. The normalized spacial score (nSPS) is 17.8. The van der Waals surface area contributed by atoms with E-state index in [0.717, 1.165) is 11.1 Å². The van der Waals surface area contributed by atoms with E-state index in [-0.39, 0.29) is 21.6 Å². The van der Waals surface area contributed by atoms with E-state index in [0.29, 0.717) is 11.4 Å². The first-order valence-corrected chi connectivity index (χ1v) is 10.8. The molecule has 1 saturated heterocycles. The van der Waals surface area contributed by atoms with Gasteiger partial charge >= 0.3 is 0 Å². The van der Waals surface area contributed by atoms with Crippen molar-refractivity contribution in [3.8, 4) is 0 Å². The lowest BCUT2D eigenvalue weighted by atomic mass is 9.87. The second-order valence-corrected chi connectivity index (χ2v) is 10.0. The molecule has 138 valence electrons. The van der Waals surface area contributed by atoms with Crippen molar-refractivity contribution in [1.29, 1.82) is 0 Å². The van der Waals surface area contributed by atoms with Gasteiger partial charge in [0, 0.05) is 5.69 Å². The maximum absolute atomic E-state index is 12.7. The molecule has 0 aliphatic carbocycles. The molecule has 1 atom stereocenters. The van der Waals surface area contributed by atoms with Gasteiger partial charge in [0.2, 0.25) is 5.91 Å². The number of carbonyl (C=O) groups is 1. The van der Waals surface area contributed by atoms with Crippen molar-refractivity contribution >= 4 is 33.4 Å². The smallest absolute Gasteiger partial charge is 0.261 e. The highest BCUT2D eigenvalue weighted by Crippen LogP contribution is 2.32. The van der Waals surface area contributed by atoms with Gasteiger partial charge in [-0.15, -0.1) is 11.8 Å². The number of rotatable bonds is 4. The molecular formula is C19H22N2O3S2. The Morgan fingerprint density at radius 1 is 1.12 bits per heavy atom. The lowest BCUT2D eigenvalue weighted by molar-refractivity contribution is -0.118. The lowest BCUT2D eigenvalue weighted by Crippen LogP contribution is -2.19. The summed E-state index contributed by atoms with van der Waals surface area (Å²) in [7, 11) is -3.67. The van der Waals surface area contributed by atoms with Crippen LogP contribution in [0.15, 0.2) is 53.4 Å². The van der Waals surface area contributed by atoms with Crippen LogP contribution in [0.5, 0.6) is 0 Å². The largest absolute Gasteiger partial charge is 0.339 e. The van der Waals surface area contributed by atoms with Gasteiger partial charge in [0.25, 0.3) is 10.0 Å². The second-order valence-electron chi connectivity index (χ2n) is 7.26. The Morgan fingerprint density at radius 2 is 1.81 bits per heavy atom. The van der Waals surface area contributed by atoms with Crippen molar-refractivity contribution in [1.82, 2.24) is 5.32 Å². The first-order valence-electron chi connectivity index (χ1n) is 8.29. The van der Waals surface area contributed by atoms with E-state index in [9.17, 15) is 13.2 Å². The summed E-state index contributed by atoms with van der Waals surface area (Å²) < 4.78 is 27.9. The number of hydrogen-bond donors (Lipinski definition) is 2. The first-order chi connectivity index (χ1) is 12.1. The van der Waals surface area contributed by atoms with Crippen molar-refractivity contribution in [3.05, 3.63) is 59.7 Å². The molecule has 2 aromatic carbocycles. The number of amides is 1. The molecule has 0 radical (unpaired) electrons. The van der Waals surface area contributed by atoms with E-state index >= 15 is 0 Å². The summed E-state index contributed by atoms with van der Waals surface area (Å²) in [6, 6.07) is 14.0. The Labute approximate surface area is 158 Å². The van der Waals surface area contributed by atoms with Gasteiger partial charge in [-0.25, -0.2) is 8.42 Å². The molecule has 1 aliphatic rings. The molecule has 0 spiro atoms. The molecule has 0 unspecified atom stereocenters. The summed E-state index contributed by atoms with van der Waals surface area (Å²) in [5, 5.41) is 2.72. The van der Waals surface area contributed by atoms with Crippen LogP contribution in [0.1, 0.15) is 37.3 Å². The molecule has 2 aromatic rings. The van der Waals surface area contributed by atoms with Gasteiger partial charge in [0.05, 0.1) is 10.6 Å². The molecule has 2 N–H and O–H groups in total. The summed E-state index contributed by atoms with van der Waals surface area (Å²) in [6.45, 7) is 6.25. The zero-order chi connectivity index (χ0) is 18.9. The van der Waals surface area contributed by atoms with Crippen LogP contribution in [-0.2, 0) is 20.2 Å². The number of hydrogen-bond acceptors (Lipinski definition) is 4. The average molecular weight is 391 g/mol. The SMILES string of the molecule is CC(C)(C)c1ccc(S(=O)(=O)Nc2cccc([C@@H]3NC(=O)CS3)c2)cc1. The summed E-state index contributed by atoms with van der Waals surface area (Å²) in [4.78, 5) is 11.6. The number of anilines is 1. The number of nitrogens with one attached hydrogen (secondary N) is 2. The zero-order valence-corrected chi connectivity index (χ0v) is 16.6. The van der Waals surface area contributed by atoms with Gasteiger partial charge in [-0.05, 0) is 40.8 Å². The fourth-order valence-electron chi connectivity index (χ4n) is 2.68. The van der Waals surface area contributed by atoms with E-state index in [1.54, 1.807) is 30.3 Å². The van der Waals surface area contributed by atoms with Crippen LogP contribution in [0, 0.1) is 0 Å². The second kappa shape index (κ2) is 6.96. The van der Waals surface area contributed by atoms with E-state index < -0.39 is 10.0 Å². The van der Waals surface area contributed by atoms with E-state index in [4.69, 9.17) is 0 Å². The zero-order valence-electron chi connectivity index (χ0n) is 14.9. The maximum Gasteiger partial charge on any atom is 0.261 e. The standard InChI is InChI=1S/C19H22N2O3S2/c1-19(2,3)14-7-9-16(10-8-14)26(23,24)21-15-6-4-5-13(11-15)18-20-17(22)12-25-18/h4-11,18,21H,12H2,1-3H3,(H,20,22)/t18-/m1/s1. The third-order valence-corrected chi connectivity index (χ3v) is 6.69. The summed E-state index contributed by atoms with van der Waals surface area (Å²) in [6.07, 6.45) is 0. The Hall–Kier alpha value is -1.99. The Morgan fingerprint density at radius 3 is 2.38 bits per heavy atom. The van der Waals surface area contributed by atoms with Crippen LogP contribution < -0.4 is 10.0 Å². The molecule has 1 fully saturated rings. The highest BCUT2D eigenvalue weighted by Gasteiger charge is 2.23. The van der Waals surface area contributed by atoms with Crippen LogP contribution >= 0.6 is 11.8 Å². The summed E-state index contributed by atoms with van der Waals surface area (Å²) >= 11 is 1.49. The third-order valence-electron chi connectivity index (χ3n) is 4.15. The van der Waals surface area contributed by atoms with E-state index in [1.807, 2.05) is 18.2 Å². The Bertz CT molecular complexity index is 917. The molecule has 3 rings (SSSR count). The molecule has 26 heavy (non-hydrogen) atoms. The molecular weight excluding hydrogens is 368 g/mol. The Kier molecular flexibility index (Phi) is 5.03. The van der Waals surface area contributed by atoms with Crippen molar-refractivity contribution < 1.29 is 13.2 Å². The van der Waals surface area contributed by atoms with Crippen molar-refractivity contribution in [2.75, 3.05) is 10.5 Å². The van der Waals surface area contributed by atoms with Crippen molar-refractivity contribution in [2.45, 2.75) is 36.5 Å². The van der Waals surface area contributed by atoms with Gasteiger partial charge in [-0.1, -0.05) is 45.0 Å². The third kappa shape index (κ3) is 4.22. The topological polar surface area (TPSA) is 75.3 Å². The van der Waals surface area contributed by atoms with Crippen molar-refractivity contribution in [2.24, 2.45) is 0 Å². The highest BCUT2D eigenvalue weighted by molar-refractivity contribution is 8.00. The van der Waals surface area contributed by atoms with Crippen LogP contribution in [-0.4, -0.2) is 20.1 Å². The van der Waals surface area contributed by atoms with Crippen LogP contribution in [0.25, 0.3) is 0 Å². The number of sulfonamides is 1. The van der Waals surface area contributed by atoms with Crippen molar-refractivity contribution in [3.63, 3.8) is 0 Å². The van der Waals surface area contributed by atoms with Crippen LogP contribution in [0.2, 0.25) is 0 Å². The first kappa shape index (κ1) is 18.8. The molecule has 1 aliphatic heterocycles. The van der Waals surface area contributed by atoms with Crippen LogP contribution in [0.3, 0.4) is 0 Å². The predicted octanol–water partition coefficient (Wildman–Crippen LogP) is 3.65. The molecule has 0 aromatic heterocycles. The average Bonchev–Trinajstić information content (AvgIpc) is 3.01. The van der Waals surface area contributed by atoms with E-state index in [2.05, 4.69) is 30.8 Å². The van der Waals surface area contributed by atoms with Crippen LogP contribution in [0.4, 0.5) is 5.69 Å². The molecule has 5 nitrogen and oxygen atoms in total. The van der Waals surface area contributed by atoms with E-state index in [1.165, 1.54) is 11.8 Å². The quantitative estimate of drug-likeness (QED) is 0.836. The molecule has 0 saturated carbocycles. The molecule has 1 heterocycles. The minimum atomic E-state index is -3.67. The lowest BCUT2D eigenvalue weighted by Gasteiger charge is -2.19. The predicted molar refractivity (Wildman–Crippen MR) is 106 cm³/mol. The Balaban J connectivity index is 1.80. The number of benzene rings is 2. The number of thioether (sulfide) groups is 1. The minimum Gasteiger partial charge on any atom is -0.339 e. The van der Waals surface area contributed by atoms with Gasteiger partial charge in [-0.3, -0.25) is 9.52 Å². The molecule has 0 bridgehead atoms. The monoisotopic (exact) mass is 390 g/mol. The summed E-state index contributed by atoms with van der Waals surface area (Å²) in [5.74, 6) is 0.408. The molecule has 1 amide bonds. The van der Waals surface area contributed by atoms with Gasteiger partial charge in [-0.2, -0.15) is 0 Å². The minimum absolute atomic E-state index is 0.00933. The fraction of sp³-hybridized carbons (Fsp3) is 0.316. The number of carbonyl (C=O) groups excluding carboxylic acids is 1. The summed E-state index contributed by atoms with van der Waals surface area (Å²) in [5.41, 5.74) is 2.38. The highest BCUT2D eigenvalue weighted by atomic mass is 32.2. The fourth-order valence-corrected chi connectivity index (χ4v) is 4.69. The van der Waals surface area contributed by atoms with Gasteiger partial charge in [0.1, 0.15) is 5.37 Å². The van der Waals surface area contributed by atoms with Gasteiger partial charge in [0.15, 0.2) is 0 Å².